The molecule has 9 heteroatoms. The third-order valence-corrected chi connectivity index (χ3v) is 7.48. The first kappa shape index (κ1) is 21.3. The van der Waals surface area contributed by atoms with Gasteiger partial charge in [-0.3, -0.25) is 4.79 Å². The molecule has 0 aliphatic carbocycles. The van der Waals surface area contributed by atoms with Crippen molar-refractivity contribution in [3.05, 3.63) is 41.3 Å². The van der Waals surface area contributed by atoms with E-state index < -0.39 is 10.0 Å². The Bertz CT molecular complexity index is 937. The van der Waals surface area contributed by atoms with Crippen LogP contribution in [0.5, 0.6) is 0 Å². The molecule has 158 valence electrons. The minimum absolute atomic E-state index is 0.0783. The molecule has 0 atom stereocenters. The number of piperazine rings is 1. The highest BCUT2D eigenvalue weighted by Crippen LogP contribution is 2.24. The summed E-state index contributed by atoms with van der Waals surface area (Å²) in [6, 6.07) is 7.59. The molecule has 8 nitrogen and oxygen atoms in total. The summed E-state index contributed by atoms with van der Waals surface area (Å²) < 4.78 is 32.2. The van der Waals surface area contributed by atoms with Crippen LogP contribution in [0.15, 0.2) is 33.7 Å². The average molecular weight is 421 g/mol. The van der Waals surface area contributed by atoms with E-state index in [-0.39, 0.29) is 29.7 Å². The van der Waals surface area contributed by atoms with Crippen LogP contribution in [-0.2, 0) is 10.0 Å². The van der Waals surface area contributed by atoms with Crippen molar-refractivity contribution in [2.75, 3.05) is 44.2 Å². The van der Waals surface area contributed by atoms with Gasteiger partial charge < -0.3 is 14.3 Å². The normalized spacial score (nSPS) is 15.5. The molecular formula is C20H28N4O4S. The minimum Gasteiger partial charge on any atom is -0.372 e. The highest BCUT2D eigenvalue weighted by molar-refractivity contribution is 7.89. The Balaban J connectivity index is 1.67. The van der Waals surface area contributed by atoms with Gasteiger partial charge in [0, 0.05) is 50.5 Å². The molecule has 0 unspecified atom stereocenters. The van der Waals surface area contributed by atoms with Crippen molar-refractivity contribution >= 4 is 21.6 Å². The second kappa shape index (κ2) is 8.54. The Morgan fingerprint density at radius 1 is 1.07 bits per heavy atom. The van der Waals surface area contributed by atoms with E-state index in [4.69, 9.17) is 4.52 Å². The smallest absolute Gasteiger partial charge is 0.253 e. The van der Waals surface area contributed by atoms with Crippen molar-refractivity contribution in [1.82, 2.24) is 14.4 Å². The van der Waals surface area contributed by atoms with Gasteiger partial charge in [-0.15, -0.1) is 0 Å². The summed E-state index contributed by atoms with van der Waals surface area (Å²) in [5.41, 5.74) is 2.05. The van der Waals surface area contributed by atoms with Gasteiger partial charge in [-0.1, -0.05) is 5.16 Å². The molecule has 1 fully saturated rings. The second-order valence-corrected chi connectivity index (χ2v) is 8.94. The molecule has 0 radical (unpaired) electrons. The Morgan fingerprint density at radius 3 is 2.14 bits per heavy atom. The number of carbonyl (C=O) groups excluding carboxylic acids is 1. The Kier molecular flexibility index (Phi) is 6.28. The van der Waals surface area contributed by atoms with E-state index in [9.17, 15) is 13.2 Å². The number of rotatable bonds is 6. The van der Waals surface area contributed by atoms with Crippen LogP contribution in [0.25, 0.3) is 0 Å². The molecule has 0 saturated carbocycles. The average Bonchev–Trinajstić information content (AvgIpc) is 3.08. The SMILES string of the molecule is CCN(CC)c1ccc(C(=O)N2CCN(S(=O)(=O)c3c(C)noc3C)CC2)cc1. The van der Waals surface area contributed by atoms with Crippen molar-refractivity contribution in [2.24, 2.45) is 0 Å². The van der Waals surface area contributed by atoms with Gasteiger partial charge in [0.2, 0.25) is 10.0 Å². The van der Waals surface area contributed by atoms with E-state index in [0.29, 0.717) is 24.3 Å². The molecule has 0 spiro atoms. The van der Waals surface area contributed by atoms with Crippen molar-refractivity contribution in [3.8, 4) is 0 Å². The maximum absolute atomic E-state index is 12.9. The molecule has 0 bridgehead atoms. The number of carbonyl (C=O) groups is 1. The highest BCUT2D eigenvalue weighted by atomic mass is 32.2. The van der Waals surface area contributed by atoms with E-state index in [1.165, 1.54) is 4.31 Å². The number of hydrogen-bond acceptors (Lipinski definition) is 6. The lowest BCUT2D eigenvalue weighted by molar-refractivity contribution is 0.0698. The number of nitrogens with zero attached hydrogens (tertiary/aromatic N) is 4. The van der Waals surface area contributed by atoms with Crippen molar-refractivity contribution in [1.29, 1.82) is 0 Å². The van der Waals surface area contributed by atoms with Gasteiger partial charge in [-0.2, -0.15) is 4.31 Å². The lowest BCUT2D eigenvalue weighted by Gasteiger charge is -2.34. The molecule has 29 heavy (non-hydrogen) atoms. The fourth-order valence-corrected chi connectivity index (χ4v) is 5.40. The van der Waals surface area contributed by atoms with Crippen LogP contribution >= 0.6 is 0 Å². The highest BCUT2D eigenvalue weighted by Gasteiger charge is 2.34. The number of benzene rings is 1. The molecule has 1 saturated heterocycles. The van der Waals surface area contributed by atoms with Gasteiger partial charge in [0.25, 0.3) is 5.91 Å². The predicted octanol–water partition coefficient (Wildman–Crippen LogP) is 2.28. The zero-order valence-corrected chi connectivity index (χ0v) is 18.2. The summed E-state index contributed by atoms with van der Waals surface area (Å²) in [6.07, 6.45) is 0. The molecule has 1 aliphatic heterocycles. The van der Waals surface area contributed by atoms with Crippen LogP contribution in [0, 0.1) is 13.8 Å². The fraction of sp³-hybridized carbons (Fsp3) is 0.500. The lowest BCUT2D eigenvalue weighted by atomic mass is 10.1. The van der Waals surface area contributed by atoms with E-state index in [0.717, 1.165) is 18.8 Å². The number of aromatic nitrogens is 1. The quantitative estimate of drug-likeness (QED) is 0.713. The summed E-state index contributed by atoms with van der Waals surface area (Å²) in [6.45, 7) is 10.4. The van der Waals surface area contributed by atoms with E-state index in [1.54, 1.807) is 18.7 Å². The maximum Gasteiger partial charge on any atom is 0.253 e. The number of anilines is 1. The molecular weight excluding hydrogens is 392 g/mol. The topological polar surface area (TPSA) is 87.0 Å². The molecule has 0 N–H and O–H groups in total. The van der Waals surface area contributed by atoms with Crippen molar-refractivity contribution < 1.29 is 17.7 Å². The Labute approximate surface area is 172 Å². The zero-order chi connectivity index (χ0) is 21.2. The van der Waals surface area contributed by atoms with Crippen LogP contribution in [0.1, 0.15) is 35.7 Å². The van der Waals surface area contributed by atoms with E-state index in [1.807, 2.05) is 24.3 Å². The summed E-state index contributed by atoms with van der Waals surface area (Å²) in [5.74, 6) is 0.208. The predicted molar refractivity (Wildman–Crippen MR) is 111 cm³/mol. The van der Waals surface area contributed by atoms with Gasteiger partial charge in [0.05, 0.1) is 0 Å². The van der Waals surface area contributed by atoms with E-state index in [2.05, 4.69) is 23.9 Å². The number of sulfonamides is 1. The van der Waals surface area contributed by atoms with Crippen LogP contribution in [-0.4, -0.2) is 68.0 Å². The van der Waals surface area contributed by atoms with Gasteiger partial charge in [0.1, 0.15) is 10.6 Å². The summed E-state index contributed by atoms with van der Waals surface area (Å²) in [5, 5.41) is 3.74. The second-order valence-electron chi connectivity index (χ2n) is 7.07. The van der Waals surface area contributed by atoms with Gasteiger partial charge in [0.15, 0.2) is 5.76 Å². The fourth-order valence-electron chi connectivity index (χ4n) is 3.69. The van der Waals surface area contributed by atoms with Crippen LogP contribution in [0.2, 0.25) is 0 Å². The number of hydrogen-bond donors (Lipinski definition) is 0. The lowest BCUT2D eigenvalue weighted by Crippen LogP contribution is -2.50. The zero-order valence-electron chi connectivity index (χ0n) is 17.4. The molecule has 2 heterocycles. The molecule has 1 aromatic heterocycles. The number of aryl methyl sites for hydroxylation is 2. The Hall–Kier alpha value is -2.39. The largest absolute Gasteiger partial charge is 0.372 e. The summed E-state index contributed by atoms with van der Waals surface area (Å²) in [4.78, 5) is 16.9. The van der Waals surface area contributed by atoms with Crippen molar-refractivity contribution in [3.63, 3.8) is 0 Å². The van der Waals surface area contributed by atoms with Crippen molar-refractivity contribution in [2.45, 2.75) is 32.6 Å². The first-order valence-corrected chi connectivity index (χ1v) is 11.3. The monoisotopic (exact) mass is 420 g/mol. The van der Waals surface area contributed by atoms with E-state index >= 15 is 0 Å². The molecule has 1 aliphatic rings. The Morgan fingerprint density at radius 2 is 1.66 bits per heavy atom. The van der Waals surface area contributed by atoms with Crippen LogP contribution < -0.4 is 4.90 Å². The third-order valence-electron chi connectivity index (χ3n) is 5.33. The first-order chi connectivity index (χ1) is 13.8. The number of amides is 1. The summed E-state index contributed by atoms with van der Waals surface area (Å²) in [7, 11) is -3.68. The maximum atomic E-state index is 12.9. The van der Waals surface area contributed by atoms with Gasteiger partial charge in [-0.05, 0) is 52.0 Å². The first-order valence-electron chi connectivity index (χ1n) is 9.86. The molecule has 3 rings (SSSR count). The third kappa shape index (κ3) is 4.16. The van der Waals surface area contributed by atoms with Gasteiger partial charge >= 0.3 is 0 Å². The van der Waals surface area contributed by atoms with Crippen LogP contribution in [0.4, 0.5) is 5.69 Å². The molecule has 1 aromatic carbocycles. The summed E-state index contributed by atoms with van der Waals surface area (Å²) >= 11 is 0. The van der Waals surface area contributed by atoms with Gasteiger partial charge in [-0.25, -0.2) is 8.42 Å². The molecule has 1 amide bonds. The van der Waals surface area contributed by atoms with Crippen LogP contribution in [0.3, 0.4) is 0 Å². The standard InChI is InChI=1S/C20H28N4O4S/c1-5-22(6-2)18-9-7-17(8-10-18)20(25)23-11-13-24(14-12-23)29(26,27)19-15(3)21-28-16(19)4/h7-10H,5-6,11-14H2,1-4H3. The minimum atomic E-state index is -3.68. The molecule has 2 aromatic rings.